The van der Waals surface area contributed by atoms with E-state index in [0.717, 1.165) is 11.3 Å². The summed E-state index contributed by atoms with van der Waals surface area (Å²) in [5.74, 6) is 0. The first-order chi connectivity index (χ1) is 10.4. The third-order valence-electron chi connectivity index (χ3n) is 3.18. The zero-order chi connectivity index (χ0) is 16.2. The number of benzene rings is 1. The minimum atomic E-state index is -1.16. The molecule has 0 saturated heterocycles. The van der Waals surface area contributed by atoms with Crippen LogP contribution < -0.4 is 4.72 Å². The molecule has 0 spiro atoms. The van der Waals surface area contributed by atoms with Gasteiger partial charge in [0.15, 0.2) is 0 Å². The van der Waals surface area contributed by atoms with E-state index in [9.17, 15) is 4.55 Å². The fourth-order valence-electron chi connectivity index (χ4n) is 1.95. The standard InChI is InChI=1S/C17H20N2OS2/c1-17(2,3)22(20)19-15(9-13-7-5-4-6-8-13)16-10-14(11-18)12-21-16/h4-8,10,12,15,19H,9H2,1-3H3/t15?,22-/m0/s1. The van der Waals surface area contributed by atoms with Crippen LogP contribution in [0.1, 0.15) is 42.8 Å². The summed E-state index contributed by atoms with van der Waals surface area (Å²) in [6.07, 6.45) is 0.744. The molecule has 22 heavy (non-hydrogen) atoms. The molecule has 1 heterocycles. The Morgan fingerprint density at radius 1 is 1.32 bits per heavy atom. The minimum Gasteiger partial charge on any atom is -0.598 e. The van der Waals surface area contributed by atoms with Crippen molar-refractivity contribution in [1.29, 1.82) is 5.26 Å². The number of hydrogen-bond donors (Lipinski definition) is 1. The summed E-state index contributed by atoms with van der Waals surface area (Å²) in [4.78, 5) is 1.04. The maximum Gasteiger partial charge on any atom is 0.136 e. The van der Waals surface area contributed by atoms with E-state index in [1.807, 2.05) is 50.4 Å². The number of rotatable bonds is 5. The smallest absolute Gasteiger partial charge is 0.136 e. The summed E-state index contributed by atoms with van der Waals surface area (Å²) in [5.41, 5.74) is 1.83. The second kappa shape index (κ2) is 7.30. The van der Waals surface area contributed by atoms with E-state index in [2.05, 4.69) is 22.9 Å². The molecule has 0 aliphatic heterocycles. The Bertz CT molecular complexity index is 641. The highest BCUT2D eigenvalue weighted by Gasteiger charge is 2.30. The molecular weight excluding hydrogens is 312 g/mol. The summed E-state index contributed by atoms with van der Waals surface area (Å²) < 4.78 is 15.4. The van der Waals surface area contributed by atoms with E-state index in [0.29, 0.717) is 5.56 Å². The zero-order valence-corrected chi connectivity index (χ0v) is 14.6. The van der Waals surface area contributed by atoms with Crippen LogP contribution in [0.5, 0.6) is 0 Å². The van der Waals surface area contributed by atoms with Crippen LogP contribution in [0.15, 0.2) is 41.8 Å². The average molecular weight is 332 g/mol. The predicted octanol–water partition coefficient (Wildman–Crippen LogP) is 3.96. The van der Waals surface area contributed by atoms with Crippen molar-refractivity contribution in [3.05, 3.63) is 57.8 Å². The van der Waals surface area contributed by atoms with Crippen molar-refractivity contribution >= 4 is 22.7 Å². The summed E-state index contributed by atoms with van der Waals surface area (Å²) >= 11 is 0.374. The Balaban J connectivity index is 2.22. The lowest BCUT2D eigenvalue weighted by atomic mass is 10.1. The number of thiophene rings is 1. The Hall–Kier alpha value is -1.32. The van der Waals surface area contributed by atoms with Crippen molar-refractivity contribution in [3.8, 4) is 6.07 Å². The predicted molar refractivity (Wildman–Crippen MR) is 93.0 cm³/mol. The van der Waals surface area contributed by atoms with E-state index < -0.39 is 11.4 Å². The monoisotopic (exact) mass is 332 g/mol. The molecule has 5 heteroatoms. The van der Waals surface area contributed by atoms with Gasteiger partial charge in [0, 0.05) is 21.6 Å². The van der Waals surface area contributed by atoms with Crippen molar-refractivity contribution in [2.24, 2.45) is 0 Å². The number of hydrogen-bond acceptors (Lipinski definition) is 4. The molecule has 2 rings (SSSR count). The molecule has 2 atom stereocenters. The Labute approximate surface area is 139 Å². The van der Waals surface area contributed by atoms with Gasteiger partial charge in [0.1, 0.15) is 10.8 Å². The Morgan fingerprint density at radius 3 is 2.55 bits per heavy atom. The van der Waals surface area contributed by atoms with Gasteiger partial charge in [0.2, 0.25) is 0 Å². The maximum absolute atomic E-state index is 12.5. The quantitative estimate of drug-likeness (QED) is 0.843. The average Bonchev–Trinajstić information content (AvgIpc) is 2.95. The topological polar surface area (TPSA) is 58.9 Å². The van der Waals surface area contributed by atoms with Crippen LogP contribution >= 0.6 is 11.3 Å². The number of nitriles is 1. The molecule has 1 aromatic heterocycles. The summed E-state index contributed by atoms with van der Waals surface area (Å²) in [6.45, 7) is 5.85. The largest absolute Gasteiger partial charge is 0.598 e. The van der Waals surface area contributed by atoms with E-state index >= 15 is 0 Å². The first-order valence-electron chi connectivity index (χ1n) is 7.10. The molecule has 0 radical (unpaired) electrons. The second-order valence-electron chi connectivity index (χ2n) is 6.09. The van der Waals surface area contributed by atoms with E-state index in [1.54, 1.807) is 0 Å². The highest BCUT2D eigenvalue weighted by atomic mass is 32.2. The van der Waals surface area contributed by atoms with Crippen molar-refractivity contribution < 1.29 is 4.55 Å². The second-order valence-corrected chi connectivity index (χ2v) is 9.03. The van der Waals surface area contributed by atoms with Gasteiger partial charge in [-0.15, -0.1) is 16.1 Å². The zero-order valence-electron chi connectivity index (χ0n) is 13.0. The lowest BCUT2D eigenvalue weighted by molar-refractivity contribution is 0.524. The van der Waals surface area contributed by atoms with E-state index in [-0.39, 0.29) is 10.8 Å². The van der Waals surface area contributed by atoms with Gasteiger partial charge in [0.25, 0.3) is 0 Å². The first-order valence-corrected chi connectivity index (χ1v) is 9.13. The molecule has 1 N–H and O–H groups in total. The van der Waals surface area contributed by atoms with E-state index in [4.69, 9.17) is 5.26 Å². The fraction of sp³-hybridized carbons (Fsp3) is 0.353. The van der Waals surface area contributed by atoms with Gasteiger partial charge in [0.05, 0.1) is 11.6 Å². The molecule has 0 amide bonds. The molecule has 116 valence electrons. The third kappa shape index (κ3) is 4.59. The molecule has 3 nitrogen and oxygen atoms in total. The van der Waals surface area contributed by atoms with Crippen molar-refractivity contribution in [1.82, 2.24) is 4.72 Å². The van der Waals surface area contributed by atoms with Crippen LogP contribution in [-0.2, 0) is 17.8 Å². The lowest BCUT2D eigenvalue weighted by Crippen LogP contribution is -2.41. The molecular formula is C17H20N2OS2. The summed E-state index contributed by atoms with van der Waals surface area (Å²) in [7, 11) is 0. The molecule has 0 aliphatic rings. The van der Waals surface area contributed by atoms with Crippen molar-refractivity contribution in [2.45, 2.75) is 38.0 Å². The Morgan fingerprint density at radius 2 is 2.00 bits per heavy atom. The summed E-state index contributed by atoms with van der Waals surface area (Å²) in [5, 5.41) is 10.9. The Kier molecular flexibility index (Phi) is 5.65. The van der Waals surface area contributed by atoms with Crippen LogP contribution in [0.25, 0.3) is 0 Å². The van der Waals surface area contributed by atoms with Gasteiger partial charge in [-0.25, -0.2) is 0 Å². The SMILES string of the molecule is CC(C)(C)[S@+]([O-])NC(Cc1ccccc1)c1cc(C#N)cs1. The number of nitrogens with zero attached hydrogens (tertiary/aromatic N) is 1. The normalized spacial score (nSPS) is 14.3. The van der Waals surface area contributed by atoms with Crippen LogP contribution in [0, 0.1) is 11.3 Å². The van der Waals surface area contributed by atoms with E-state index in [1.165, 1.54) is 16.9 Å². The maximum atomic E-state index is 12.5. The minimum absolute atomic E-state index is 0.0606. The van der Waals surface area contributed by atoms with Gasteiger partial charge in [-0.05, 0) is 38.8 Å². The molecule has 0 bridgehead atoms. The molecule has 0 saturated carbocycles. The van der Waals surface area contributed by atoms with Crippen LogP contribution in [0.2, 0.25) is 0 Å². The lowest BCUT2D eigenvalue weighted by Gasteiger charge is -2.27. The van der Waals surface area contributed by atoms with Gasteiger partial charge in [-0.3, -0.25) is 0 Å². The molecule has 2 aromatic rings. The van der Waals surface area contributed by atoms with Gasteiger partial charge >= 0.3 is 0 Å². The highest BCUT2D eigenvalue weighted by Crippen LogP contribution is 2.28. The van der Waals surface area contributed by atoms with Crippen molar-refractivity contribution in [3.63, 3.8) is 0 Å². The molecule has 1 unspecified atom stereocenters. The molecule has 0 fully saturated rings. The fourth-order valence-corrected chi connectivity index (χ4v) is 3.73. The summed E-state index contributed by atoms with van der Waals surface area (Å²) in [6, 6.07) is 14.1. The van der Waals surface area contributed by atoms with Gasteiger partial charge < -0.3 is 4.55 Å². The van der Waals surface area contributed by atoms with Gasteiger partial charge in [-0.1, -0.05) is 30.3 Å². The number of nitrogens with one attached hydrogen (secondary N) is 1. The van der Waals surface area contributed by atoms with Crippen LogP contribution in [0.4, 0.5) is 0 Å². The van der Waals surface area contributed by atoms with Crippen LogP contribution in [-0.4, -0.2) is 9.30 Å². The molecule has 1 aromatic carbocycles. The highest BCUT2D eigenvalue weighted by molar-refractivity contribution is 7.90. The van der Waals surface area contributed by atoms with Crippen LogP contribution in [0.3, 0.4) is 0 Å². The van der Waals surface area contributed by atoms with Crippen molar-refractivity contribution in [2.75, 3.05) is 0 Å². The third-order valence-corrected chi connectivity index (χ3v) is 5.84. The molecule has 0 aliphatic carbocycles. The first kappa shape index (κ1) is 17.0. The van der Waals surface area contributed by atoms with Gasteiger partial charge in [-0.2, -0.15) is 5.26 Å².